The topological polar surface area (TPSA) is 23.5 Å². The number of aryl methyl sites for hydroxylation is 2. The van der Waals surface area contributed by atoms with E-state index in [0.29, 0.717) is 0 Å². The van der Waals surface area contributed by atoms with Gasteiger partial charge in [0.25, 0.3) is 0 Å². The van der Waals surface area contributed by atoms with Crippen molar-refractivity contribution in [2.24, 2.45) is 0 Å². The van der Waals surface area contributed by atoms with Crippen molar-refractivity contribution in [2.45, 2.75) is 38.0 Å². The fourth-order valence-corrected chi connectivity index (χ4v) is 7.65. The zero-order valence-corrected chi connectivity index (χ0v) is 15.4. The van der Waals surface area contributed by atoms with Gasteiger partial charge in [-0.1, -0.05) is 59.7 Å². The van der Waals surface area contributed by atoms with Crippen molar-refractivity contribution in [1.82, 2.24) is 4.67 Å². The van der Waals surface area contributed by atoms with Crippen LogP contribution in [0, 0.1) is 13.8 Å². The Kier molecular flexibility index (Phi) is 4.60. The second kappa shape index (κ2) is 6.36. The van der Waals surface area contributed by atoms with Gasteiger partial charge in [-0.2, -0.15) is 0 Å². The molecule has 0 aromatic heterocycles. The minimum Gasteiger partial charge on any atom is -0.364 e. The van der Waals surface area contributed by atoms with Gasteiger partial charge in [-0.3, -0.25) is 4.67 Å². The van der Waals surface area contributed by atoms with Crippen molar-refractivity contribution >= 4 is 7.64 Å². The van der Waals surface area contributed by atoms with Gasteiger partial charge in [0.1, 0.15) is 0 Å². The fourth-order valence-electron chi connectivity index (χ4n) is 3.82. The average molecular weight is 328 g/mol. The Morgan fingerprint density at radius 3 is 1.43 bits per heavy atom. The smallest absolute Gasteiger partial charge is 0.0589 e. The number of nitrogens with zero attached hydrogens (tertiary/aromatic N) is 1. The first-order valence-electron chi connectivity index (χ1n) is 8.35. The highest BCUT2D eigenvalue weighted by atomic mass is 31.2. The van der Waals surface area contributed by atoms with Crippen molar-refractivity contribution in [3.05, 3.63) is 70.8 Å². The molecule has 0 bridgehead atoms. The van der Waals surface area contributed by atoms with E-state index >= 15 is 0 Å². The summed E-state index contributed by atoms with van der Waals surface area (Å²) in [4.78, 5) is 11.8. The van der Waals surface area contributed by atoms with Gasteiger partial charge in [-0.15, -0.1) is 0 Å². The summed E-state index contributed by atoms with van der Waals surface area (Å²) < 4.78 is 2.12. The maximum Gasteiger partial charge on any atom is 0.0589 e. The van der Waals surface area contributed by atoms with Gasteiger partial charge in [0.2, 0.25) is 0 Å². The van der Waals surface area contributed by atoms with Crippen LogP contribution >= 0.6 is 7.64 Å². The summed E-state index contributed by atoms with van der Waals surface area (Å²) in [5.41, 5.74) is 5.63. The maximum atomic E-state index is 11.8. The van der Waals surface area contributed by atoms with E-state index in [-0.39, 0.29) is 11.3 Å². The average Bonchev–Trinajstić information content (AvgIpc) is 2.88. The Labute approximate surface area is 140 Å². The molecule has 1 aliphatic rings. The third kappa shape index (κ3) is 2.96. The Morgan fingerprint density at radius 1 is 0.783 bits per heavy atom. The molecular formula is C20H27NOP. The van der Waals surface area contributed by atoms with Crippen molar-refractivity contribution in [2.75, 3.05) is 14.1 Å². The second-order valence-corrected chi connectivity index (χ2v) is 10.4. The molecule has 1 saturated heterocycles. The van der Waals surface area contributed by atoms with E-state index in [9.17, 15) is 4.89 Å². The molecule has 1 aliphatic heterocycles. The summed E-state index contributed by atoms with van der Waals surface area (Å²) in [6.07, 6.45) is 2.12. The van der Waals surface area contributed by atoms with E-state index in [0.717, 1.165) is 12.8 Å². The molecule has 0 aliphatic carbocycles. The molecule has 3 heteroatoms. The van der Waals surface area contributed by atoms with Crippen LogP contribution in [0.2, 0.25) is 0 Å². The number of hydrogen-bond acceptors (Lipinski definition) is 2. The summed E-state index contributed by atoms with van der Waals surface area (Å²) in [5.74, 6) is 0. The summed E-state index contributed by atoms with van der Waals surface area (Å²) in [5, 5.41) is 0. The van der Waals surface area contributed by atoms with E-state index in [1.54, 1.807) is 0 Å². The highest BCUT2D eigenvalue weighted by molar-refractivity contribution is 7.69. The molecule has 23 heavy (non-hydrogen) atoms. The van der Waals surface area contributed by atoms with Crippen LogP contribution in [0.15, 0.2) is 48.5 Å². The van der Waals surface area contributed by atoms with Gasteiger partial charge < -0.3 is 4.89 Å². The van der Waals surface area contributed by atoms with Gasteiger partial charge in [-0.05, 0) is 51.9 Å². The minimum atomic E-state index is -2.25. The zero-order chi connectivity index (χ0) is 16.6. The monoisotopic (exact) mass is 328 g/mol. The zero-order valence-electron chi connectivity index (χ0n) is 14.5. The largest absolute Gasteiger partial charge is 0.364 e. The van der Waals surface area contributed by atoms with Crippen LogP contribution in [0.3, 0.4) is 0 Å². The van der Waals surface area contributed by atoms with E-state index in [2.05, 4.69) is 67.0 Å². The fraction of sp³-hybridized carbons (Fsp3) is 0.400. The molecule has 123 valence electrons. The Balaban J connectivity index is 2.00. The van der Waals surface area contributed by atoms with Crippen molar-refractivity contribution in [1.29, 1.82) is 0 Å². The van der Waals surface area contributed by atoms with E-state index < -0.39 is 7.64 Å². The maximum absolute atomic E-state index is 11.8. The van der Waals surface area contributed by atoms with Gasteiger partial charge in [-0.25, -0.2) is 0 Å². The molecule has 2 aromatic carbocycles. The molecule has 0 spiro atoms. The van der Waals surface area contributed by atoms with Crippen LogP contribution in [-0.4, -0.2) is 23.7 Å². The second-order valence-electron chi connectivity index (χ2n) is 6.98. The molecule has 0 saturated carbocycles. The lowest BCUT2D eigenvalue weighted by atomic mass is 10.0. The number of rotatable bonds is 3. The van der Waals surface area contributed by atoms with Gasteiger partial charge in [0.15, 0.2) is 0 Å². The SMILES string of the molecule is Cc1ccc(C2CCC(c3ccc(C)cc3)[P]2(O)N(C)C)cc1. The Bertz CT molecular complexity index is 610. The highest BCUT2D eigenvalue weighted by Gasteiger charge is 2.50. The van der Waals surface area contributed by atoms with Crippen LogP contribution in [0.5, 0.6) is 0 Å². The Morgan fingerprint density at radius 2 is 1.13 bits per heavy atom. The molecule has 0 amide bonds. The van der Waals surface area contributed by atoms with Crippen molar-refractivity contribution in [3.8, 4) is 0 Å². The lowest BCUT2D eigenvalue weighted by molar-refractivity contribution is 0.480. The first-order chi connectivity index (χ1) is 10.9. The van der Waals surface area contributed by atoms with Crippen molar-refractivity contribution < 1.29 is 4.89 Å². The number of hydrogen-bond donors (Lipinski definition) is 1. The molecule has 1 heterocycles. The third-order valence-electron chi connectivity index (χ3n) is 5.20. The molecule has 1 fully saturated rings. The molecule has 2 nitrogen and oxygen atoms in total. The minimum absolute atomic E-state index is 0.254. The molecule has 2 aromatic rings. The third-order valence-corrected chi connectivity index (χ3v) is 9.43. The molecular weight excluding hydrogens is 301 g/mol. The van der Waals surface area contributed by atoms with Crippen LogP contribution in [0.1, 0.15) is 46.4 Å². The lowest BCUT2D eigenvalue weighted by Gasteiger charge is -2.43. The van der Waals surface area contributed by atoms with Crippen LogP contribution < -0.4 is 0 Å². The molecule has 2 unspecified atom stereocenters. The standard InChI is InChI=1S/C20H27NOP/c1-15-5-9-17(10-6-15)19-13-14-20(23(19,22)21(3)4)18-11-7-16(2)8-12-18/h5-12,19-20,22H,13-14H2,1-4H3. The highest BCUT2D eigenvalue weighted by Crippen LogP contribution is 2.82. The summed E-state index contributed by atoms with van der Waals surface area (Å²) in [6, 6.07) is 17.4. The summed E-state index contributed by atoms with van der Waals surface area (Å²) in [6.45, 7) is 4.22. The summed E-state index contributed by atoms with van der Waals surface area (Å²) >= 11 is 0. The molecule has 1 N–H and O–H groups in total. The Hall–Kier alpha value is -1.21. The van der Waals surface area contributed by atoms with Crippen LogP contribution in [0.4, 0.5) is 0 Å². The predicted molar refractivity (Wildman–Crippen MR) is 99.9 cm³/mol. The quantitative estimate of drug-likeness (QED) is 0.775. The lowest BCUT2D eigenvalue weighted by Crippen LogP contribution is -2.20. The first-order valence-corrected chi connectivity index (χ1v) is 10.2. The molecule has 1 radical (unpaired) electrons. The van der Waals surface area contributed by atoms with Crippen LogP contribution in [0.25, 0.3) is 0 Å². The van der Waals surface area contributed by atoms with Gasteiger partial charge in [0, 0.05) is 11.3 Å². The van der Waals surface area contributed by atoms with Crippen LogP contribution in [-0.2, 0) is 0 Å². The molecule has 2 atom stereocenters. The number of benzene rings is 2. The van der Waals surface area contributed by atoms with E-state index in [1.807, 2.05) is 14.1 Å². The van der Waals surface area contributed by atoms with Gasteiger partial charge >= 0.3 is 0 Å². The first kappa shape index (κ1) is 16.6. The van der Waals surface area contributed by atoms with E-state index in [1.165, 1.54) is 22.3 Å². The molecule has 3 rings (SSSR count). The normalized spacial score (nSPS) is 27.6. The predicted octanol–water partition coefficient (Wildman–Crippen LogP) is 5.28. The van der Waals surface area contributed by atoms with Gasteiger partial charge in [0.05, 0.1) is 7.64 Å². The van der Waals surface area contributed by atoms with E-state index in [4.69, 9.17) is 0 Å². The van der Waals surface area contributed by atoms with Crippen molar-refractivity contribution in [3.63, 3.8) is 0 Å². The summed E-state index contributed by atoms with van der Waals surface area (Å²) in [7, 11) is 1.83.